The van der Waals surface area contributed by atoms with Crippen molar-refractivity contribution in [3.63, 3.8) is 0 Å². The summed E-state index contributed by atoms with van der Waals surface area (Å²) in [6, 6.07) is 50.4. The van der Waals surface area contributed by atoms with Crippen LogP contribution in [0.1, 0.15) is 86.3 Å². The molecule has 0 N–H and O–H groups in total. The van der Waals surface area contributed by atoms with Gasteiger partial charge in [-0.25, -0.2) is 0 Å². The molecule has 1 aliphatic carbocycles. The van der Waals surface area contributed by atoms with Crippen LogP contribution in [0, 0.1) is 6.92 Å². The molecule has 0 nitrogen and oxygen atoms in total. The van der Waals surface area contributed by atoms with E-state index in [4.69, 9.17) is 0 Å². The Labute approximate surface area is 282 Å². The molecule has 0 amide bonds. The first kappa shape index (κ1) is 30.9. The van der Waals surface area contributed by atoms with Crippen LogP contribution in [0.25, 0.3) is 44.5 Å². The molecule has 47 heavy (non-hydrogen) atoms. The molecule has 1 atom stereocenters. The molecule has 6 aromatic carbocycles. The lowest BCUT2D eigenvalue weighted by Crippen LogP contribution is -2.16. The lowest BCUT2D eigenvalue weighted by Gasteiger charge is -2.24. The van der Waals surface area contributed by atoms with Gasteiger partial charge in [-0.2, -0.15) is 0 Å². The highest BCUT2D eigenvalue weighted by atomic mass is 14.4. The summed E-state index contributed by atoms with van der Waals surface area (Å²) in [4.78, 5) is 0. The van der Waals surface area contributed by atoms with Gasteiger partial charge in [0.05, 0.1) is 0 Å². The predicted octanol–water partition coefficient (Wildman–Crippen LogP) is 13.2. The number of fused-ring (bicyclic) bond motifs is 3. The lowest BCUT2D eigenvalue weighted by atomic mass is 9.79. The minimum atomic E-state index is -0.0508. The van der Waals surface area contributed by atoms with Crippen molar-refractivity contribution in [1.82, 2.24) is 0 Å². The summed E-state index contributed by atoms with van der Waals surface area (Å²) in [7, 11) is 0. The van der Waals surface area contributed by atoms with Crippen molar-refractivity contribution in [3.05, 3.63) is 167 Å². The van der Waals surface area contributed by atoms with E-state index < -0.39 is 0 Å². The van der Waals surface area contributed by atoms with E-state index in [9.17, 15) is 0 Å². The minimum Gasteiger partial charge on any atom is -0.0653 e. The summed E-state index contributed by atoms with van der Waals surface area (Å²) in [5.41, 5.74) is 19.0. The van der Waals surface area contributed by atoms with Crippen molar-refractivity contribution >= 4 is 0 Å². The van der Waals surface area contributed by atoms with Crippen LogP contribution in [0.15, 0.2) is 133 Å². The fourth-order valence-corrected chi connectivity index (χ4v) is 7.87. The molecular weight excluding hydrogens is 565 g/mol. The topological polar surface area (TPSA) is 0 Å². The van der Waals surface area contributed by atoms with Gasteiger partial charge >= 0.3 is 0 Å². The van der Waals surface area contributed by atoms with Gasteiger partial charge in [0, 0.05) is 11.3 Å². The summed E-state index contributed by atoms with van der Waals surface area (Å²) in [6.45, 7) is 11.6. The molecule has 0 spiro atoms. The Bertz CT molecular complexity index is 2020. The summed E-state index contributed by atoms with van der Waals surface area (Å²) >= 11 is 0. The maximum Gasteiger partial charge on any atom is 0.0159 e. The fraction of sp³-hybridized carbons (Fsp3) is 0.234. The maximum absolute atomic E-state index is 2.52. The van der Waals surface area contributed by atoms with E-state index in [1.54, 1.807) is 0 Å². The SMILES string of the molecule is CCCc1ccc(-c2ccc(C(CCC)c3ccc4c(c3)C(C)(C)c3cc(-c5ccccc5)ccc3-4)cc2)cc1-c1ccccc1C. The van der Waals surface area contributed by atoms with E-state index in [2.05, 4.69) is 168 Å². The van der Waals surface area contributed by atoms with E-state index >= 15 is 0 Å². The lowest BCUT2D eigenvalue weighted by molar-refractivity contribution is 0.653. The summed E-state index contributed by atoms with van der Waals surface area (Å²) in [6.07, 6.45) is 4.52. The maximum atomic E-state index is 2.52. The molecule has 0 fully saturated rings. The van der Waals surface area contributed by atoms with Crippen LogP contribution in [-0.2, 0) is 11.8 Å². The Balaban J connectivity index is 1.21. The van der Waals surface area contributed by atoms with Gasteiger partial charge in [-0.05, 0) is 110 Å². The smallest absolute Gasteiger partial charge is 0.0159 e. The highest BCUT2D eigenvalue weighted by Crippen LogP contribution is 2.51. The second-order valence-corrected chi connectivity index (χ2v) is 14.0. The molecule has 0 bridgehead atoms. The highest BCUT2D eigenvalue weighted by Gasteiger charge is 2.36. The molecule has 1 unspecified atom stereocenters. The molecule has 7 rings (SSSR count). The third kappa shape index (κ3) is 5.76. The number of hydrogen-bond donors (Lipinski definition) is 0. The Hall–Kier alpha value is -4.68. The van der Waals surface area contributed by atoms with Gasteiger partial charge in [0.15, 0.2) is 0 Å². The van der Waals surface area contributed by atoms with Gasteiger partial charge in [0.2, 0.25) is 0 Å². The van der Waals surface area contributed by atoms with E-state index in [1.807, 2.05) is 0 Å². The quantitative estimate of drug-likeness (QED) is 0.153. The van der Waals surface area contributed by atoms with Crippen molar-refractivity contribution in [2.45, 2.75) is 71.6 Å². The molecule has 0 saturated heterocycles. The average Bonchev–Trinajstić information content (AvgIpc) is 3.33. The van der Waals surface area contributed by atoms with Gasteiger partial charge in [-0.3, -0.25) is 0 Å². The average molecular weight is 611 g/mol. The highest BCUT2D eigenvalue weighted by molar-refractivity contribution is 5.84. The van der Waals surface area contributed by atoms with Gasteiger partial charge in [-0.15, -0.1) is 0 Å². The summed E-state index contributed by atoms with van der Waals surface area (Å²) in [5, 5.41) is 0. The molecule has 0 heteroatoms. The number of aryl methyl sites for hydroxylation is 2. The zero-order chi connectivity index (χ0) is 32.5. The van der Waals surface area contributed by atoms with E-state index in [0.717, 1.165) is 25.7 Å². The van der Waals surface area contributed by atoms with E-state index in [0.29, 0.717) is 5.92 Å². The molecule has 0 heterocycles. The monoisotopic (exact) mass is 610 g/mol. The molecule has 0 saturated carbocycles. The predicted molar refractivity (Wildman–Crippen MR) is 202 cm³/mol. The van der Waals surface area contributed by atoms with Crippen molar-refractivity contribution in [2.24, 2.45) is 0 Å². The standard InChI is InChI=1S/C47H46/c1-6-13-35-23-24-37(29-44(35)40-18-12-11-15-32(40)3)34-19-21-36(22-20-34)41(14-7-2)39-26-28-43-42-27-25-38(33-16-9-8-10-17-33)30-45(42)47(4,5)46(43)31-39/h8-12,15-31,41H,6-7,13-14H2,1-5H3. The second kappa shape index (κ2) is 12.8. The molecule has 0 aromatic heterocycles. The van der Waals surface area contributed by atoms with Crippen LogP contribution < -0.4 is 0 Å². The molecule has 0 aliphatic heterocycles. The first-order valence-electron chi connectivity index (χ1n) is 17.5. The third-order valence-corrected chi connectivity index (χ3v) is 10.5. The van der Waals surface area contributed by atoms with Gasteiger partial charge in [-0.1, -0.05) is 162 Å². The number of hydrogen-bond acceptors (Lipinski definition) is 0. The molecular formula is C47H46. The fourth-order valence-electron chi connectivity index (χ4n) is 7.87. The Morgan fingerprint density at radius 1 is 0.489 bits per heavy atom. The van der Waals surface area contributed by atoms with Crippen LogP contribution in [0.5, 0.6) is 0 Å². The van der Waals surface area contributed by atoms with Crippen molar-refractivity contribution in [2.75, 3.05) is 0 Å². The normalized spacial score (nSPS) is 13.6. The summed E-state index contributed by atoms with van der Waals surface area (Å²) in [5.74, 6) is 0.369. The largest absolute Gasteiger partial charge is 0.0653 e. The van der Waals surface area contributed by atoms with Crippen molar-refractivity contribution in [3.8, 4) is 44.5 Å². The van der Waals surface area contributed by atoms with Gasteiger partial charge in [0.1, 0.15) is 0 Å². The zero-order valence-electron chi connectivity index (χ0n) is 28.6. The second-order valence-electron chi connectivity index (χ2n) is 14.0. The van der Waals surface area contributed by atoms with Crippen molar-refractivity contribution in [1.29, 1.82) is 0 Å². The van der Waals surface area contributed by atoms with Crippen LogP contribution in [0.4, 0.5) is 0 Å². The Kier molecular flexibility index (Phi) is 8.46. The number of rotatable bonds is 9. The third-order valence-electron chi connectivity index (χ3n) is 10.5. The van der Waals surface area contributed by atoms with Crippen LogP contribution in [0.2, 0.25) is 0 Å². The van der Waals surface area contributed by atoms with E-state index in [-0.39, 0.29) is 5.41 Å². The van der Waals surface area contributed by atoms with Crippen LogP contribution >= 0.6 is 0 Å². The molecule has 1 aliphatic rings. The molecule has 234 valence electrons. The molecule has 6 aromatic rings. The van der Waals surface area contributed by atoms with Crippen molar-refractivity contribution < 1.29 is 0 Å². The van der Waals surface area contributed by atoms with Gasteiger partial charge in [0.25, 0.3) is 0 Å². The summed E-state index contributed by atoms with van der Waals surface area (Å²) < 4.78 is 0. The zero-order valence-corrected chi connectivity index (χ0v) is 28.6. The minimum absolute atomic E-state index is 0.0508. The van der Waals surface area contributed by atoms with Crippen LogP contribution in [0.3, 0.4) is 0 Å². The van der Waals surface area contributed by atoms with E-state index in [1.165, 1.54) is 77.9 Å². The first-order chi connectivity index (χ1) is 22.9. The Morgan fingerprint density at radius 2 is 1.09 bits per heavy atom. The van der Waals surface area contributed by atoms with Gasteiger partial charge < -0.3 is 0 Å². The Morgan fingerprint density at radius 3 is 1.81 bits per heavy atom. The molecule has 0 radical (unpaired) electrons. The first-order valence-corrected chi connectivity index (χ1v) is 17.5. The number of benzene rings is 6. The van der Waals surface area contributed by atoms with Crippen LogP contribution in [-0.4, -0.2) is 0 Å².